The molecule has 2 rings (SSSR count). The van der Waals surface area contributed by atoms with Gasteiger partial charge in [-0.3, -0.25) is 14.5 Å². The number of carbonyl (C=O) groups excluding carboxylic acids is 2. The van der Waals surface area contributed by atoms with Gasteiger partial charge in [0.05, 0.1) is 12.8 Å². The SMILES string of the molecule is COCCCNC(=O)C1(C)CCC(=O)N1c1cc(C)c(Cl)cc1OC. The number of benzene rings is 1. The molecule has 138 valence electrons. The van der Waals surface area contributed by atoms with Gasteiger partial charge in [0, 0.05) is 37.8 Å². The van der Waals surface area contributed by atoms with Crippen molar-refractivity contribution in [2.75, 3.05) is 32.3 Å². The number of methoxy groups -OCH3 is 2. The molecule has 1 atom stereocenters. The van der Waals surface area contributed by atoms with Crippen molar-refractivity contribution in [2.24, 2.45) is 0 Å². The van der Waals surface area contributed by atoms with E-state index in [1.54, 1.807) is 31.1 Å². The first-order chi connectivity index (χ1) is 11.8. The molecule has 1 fully saturated rings. The third-order valence-electron chi connectivity index (χ3n) is 4.57. The van der Waals surface area contributed by atoms with E-state index in [1.165, 1.54) is 7.11 Å². The van der Waals surface area contributed by atoms with Crippen molar-refractivity contribution in [3.05, 3.63) is 22.7 Å². The molecule has 1 heterocycles. The number of anilines is 1. The Bertz CT molecular complexity index is 665. The molecule has 1 saturated heterocycles. The summed E-state index contributed by atoms with van der Waals surface area (Å²) in [5.74, 6) is 0.197. The number of hydrogen-bond acceptors (Lipinski definition) is 4. The zero-order valence-electron chi connectivity index (χ0n) is 15.1. The summed E-state index contributed by atoms with van der Waals surface area (Å²) in [7, 11) is 3.14. The minimum atomic E-state index is -0.961. The maximum Gasteiger partial charge on any atom is 0.246 e. The molecule has 2 amide bonds. The second-order valence-electron chi connectivity index (χ2n) is 6.38. The zero-order valence-corrected chi connectivity index (χ0v) is 15.9. The van der Waals surface area contributed by atoms with E-state index in [-0.39, 0.29) is 11.8 Å². The van der Waals surface area contributed by atoms with Gasteiger partial charge in [0.15, 0.2) is 0 Å². The molecule has 7 heteroatoms. The van der Waals surface area contributed by atoms with E-state index in [1.807, 2.05) is 6.92 Å². The van der Waals surface area contributed by atoms with Crippen molar-refractivity contribution in [1.29, 1.82) is 0 Å². The van der Waals surface area contributed by atoms with Crippen molar-refractivity contribution in [1.82, 2.24) is 5.32 Å². The number of aryl methyl sites for hydroxylation is 1. The summed E-state index contributed by atoms with van der Waals surface area (Å²) >= 11 is 6.16. The van der Waals surface area contributed by atoms with Crippen LogP contribution in [0.1, 0.15) is 31.7 Å². The highest BCUT2D eigenvalue weighted by atomic mass is 35.5. The second-order valence-corrected chi connectivity index (χ2v) is 6.79. The van der Waals surface area contributed by atoms with Crippen molar-refractivity contribution in [3.8, 4) is 5.75 Å². The standard InChI is InChI=1S/C18H25ClN2O4/c1-12-10-14(15(25-4)11-13(12)19)21-16(22)6-7-18(21,2)17(23)20-8-5-9-24-3/h10-11H,5-9H2,1-4H3,(H,20,23). The van der Waals surface area contributed by atoms with Gasteiger partial charge in [-0.1, -0.05) is 11.6 Å². The summed E-state index contributed by atoms with van der Waals surface area (Å²) in [6.45, 7) is 4.71. The smallest absolute Gasteiger partial charge is 0.246 e. The molecule has 0 saturated carbocycles. The fourth-order valence-electron chi connectivity index (χ4n) is 3.06. The first-order valence-corrected chi connectivity index (χ1v) is 8.67. The lowest BCUT2D eigenvalue weighted by atomic mass is 9.96. The second kappa shape index (κ2) is 8.06. The van der Waals surface area contributed by atoms with Gasteiger partial charge in [0.2, 0.25) is 11.8 Å². The Morgan fingerprint density at radius 3 is 2.76 bits per heavy atom. The summed E-state index contributed by atoms with van der Waals surface area (Å²) in [6.07, 6.45) is 1.48. The number of amides is 2. The van der Waals surface area contributed by atoms with Gasteiger partial charge in [0.25, 0.3) is 0 Å². The Morgan fingerprint density at radius 2 is 2.12 bits per heavy atom. The van der Waals surface area contributed by atoms with Gasteiger partial charge in [0.1, 0.15) is 11.3 Å². The predicted molar refractivity (Wildman–Crippen MR) is 97.4 cm³/mol. The first kappa shape index (κ1) is 19.5. The summed E-state index contributed by atoms with van der Waals surface area (Å²) in [6, 6.07) is 3.47. The topological polar surface area (TPSA) is 67.9 Å². The number of nitrogens with one attached hydrogen (secondary N) is 1. The maximum atomic E-state index is 12.8. The molecular weight excluding hydrogens is 344 g/mol. The number of hydrogen-bond donors (Lipinski definition) is 1. The molecule has 1 N–H and O–H groups in total. The monoisotopic (exact) mass is 368 g/mol. The van der Waals surface area contributed by atoms with Crippen LogP contribution in [-0.2, 0) is 14.3 Å². The lowest BCUT2D eigenvalue weighted by Gasteiger charge is -2.35. The van der Waals surface area contributed by atoms with E-state index in [0.29, 0.717) is 42.5 Å². The Balaban J connectivity index is 2.33. The highest BCUT2D eigenvalue weighted by Crippen LogP contribution is 2.42. The van der Waals surface area contributed by atoms with E-state index < -0.39 is 5.54 Å². The van der Waals surface area contributed by atoms with E-state index in [2.05, 4.69) is 5.32 Å². The van der Waals surface area contributed by atoms with E-state index in [0.717, 1.165) is 12.0 Å². The van der Waals surface area contributed by atoms with Gasteiger partial charge < -0.3 is 14.8 Å². The Kier molecular flexibility index (Phi) is 6.30. The number of carbonyl (C=O) groups is 2. The average Bonchev–Trinajstić information content (AvgIpc) is 2.89. The van der Waals surface area contributed by atoms with Gasteiger partial charge >= 0.3 is 0 Å². The van der Waals surface area contributed by atoms with Crippen LogP contribution in [0.5, 0.6) is 5.75 Å². The number of rotatable bonds is 7. The van der Waals surface area contributed by atoms with Gasteiger partial charge in [-0.15, -0.1) is 0 Å². The van der Waals surface area contributed by atoms with Crippen LogP contribution in [-0.4, -0.2) is 44.7 Å². The van der Waals surface area contributed by atoms with Crippen LogP contribution in [0.2, 0.25) is 5.02 Å². The van der Waals surface area contributed by atoms with Crippen molar-refractivity contribution in [2.45, 2.75) is 38.6 Å². The molecule has 1 aromatic rings. The van der Waals surface area contributed by atoms with Crippen LogP contribution >= 0.6 is 11.6 Å². The quantitative estimate of drug-likeness (QED) is 0.751. The van der Waals surface area contributed by atoms with Crippen LogP contribution in [0, 0.1) is 6.92 Å². The van der Waals surface area contributed by atoms with Crippen molar-refractivity contribution < 1.29 is 19.1 Å². The van der Waals surface area contributed by atoms with Crippen molar-refractivity contribution >= 4 is 29.1 Å². The molecule has 1 aliphatic heterocycles. The molecule has 0 radical (unpaired) electrons. The van der Waals surface area contributed by atoms with E-state index in [9.17, 15) is 9.59 Å². The van der Waals surface area contributed by atoms with Gasteiger partial charge in [-0.05, 0) is 38.3 Å². The molecule has 1 unspecified atom stereocenters. The lowest BCUT2D eigenvalue weighted by Crippen LogP contribution is -2.55. The summed E-state index contributed by atoms with van der Waals surface area (Å²) in [5.41, 5.74) is 0.430. The largest absolute Gasteiger partial charge is 0.495 e. The third-order valence-corrected chi connectivity index (χ3v) is 4.98. The number of halogens is 1. The van der Waals surface area contributed by atoms with E-state index in [4.69, 9.17) is 21.1 Å². The number of nitrogens with zero attached hydrogens (tertiary/aromatic N) is 1. The molecule has 1 aromatic carbocycles. The molecule has 0 bridgehead atoms. The van der Waals surface area contributed by atoms with Crippen LogP contribution in [0.4, 0.5) is 5.69 Å². The predicted octanol–water partition coefficient (Wildman–Crippen LogP) is 2.70. The van der Waals surface area contributed by atoms with Crippen molar-refractivity contribution in [3.63, 3.8) is 0 Å². The maximum absolute atomic E-state index is 12.8. The molecule has 1 aliphatic rings. The average molecular weight is 369 g/mol. The summed E-state index contributed by atoms with van der Waals surface area (Å²) < 4.78 is 10.4. The molecule has 0 aromatic heterocycles. The minimum absolute atomic E-state index is 0.102. The van der Waals surface area contributed by atoms with Crippen LogP contribution in [0.15, 0.2) is 12.1 Å². The zero-order chi connectivity index (χ0) is 18.6. The minimum Gasteiger partial charge on any atom is -0.495 e. The molecule has 6 nitrogen and oxygen atoms in total. The summed E-state index contributed by atoms with van der Waals surface area (Å²) in [4.78, 5) is 26.9. The Labute approximate surface area is 153 Å². The normalized spacial score (nSPS) is 20.0. The Morgan fingerprint density at radius 1 is 1.40 bits per heavy atom. The van der Waals surface area contributed by atoms with Crippen LogP contribution < -0.4 is 15.0 Å². The molecule has 25 heavy (non-hydrogen) atoms. The molecule has 0 spiro atoms. The van der Waals surface area contributed by atoms with E-state index >= 15 is 0 Å². The van der Waals surface area contributed by atoms with Crippen LogP contribution in [0.25, 0.3) is 0 Å². The highest BCUT2D eigenvalue weighted by Gasteiger charge is 2.49. The lowest BCUT2D eigenvalue weighted by molar-refractivity contribution is -0.127. The van der Waals surface area contributed by atoms with Gasteiger partial charge in [-0.25, -0.2) is 0 Å². The first-order valence-electron chi connectivity index (χ1n) is 8.29. The summed E-state index contributed by atoms with van der Waals surface area (Å²) in [5, 5.41) is 3.46. The molecule has 0 aliphatic carbocycles. The fraction of sp³-hybridized carbons (Fsp3) is 0.556. The fourth-order valence-corrected chi connectivity index (χ4v) is 3.21. The van der Waals surface area contributed by atoms with Crippen LogP contribution in [0.3, 0.4) is 0 Å². The van der Waals surface area contributed by atoms with Gasteiger partial charge in [-0.2, -0.15) is 0 Å². The Hall–Kier alpha value is -1.79. The highest BCUT2D eigenvalue weighted by molar-refractivity contribution is 6.31. The molecular formula is C18H25ClN2O4. The third kappa shape index (κ3) is 3.90. The number of ether oxygens (including phenoxy) is 2.